The van der Waals surface area contributed by atoms with Gasteiger partial charge in [0, 0.05) is 23.0 Å². The van der Waals surface area contributed by atoms with Crippen molar-refractivity contribution in [3.63, 3.8) is 0 Å². The summed E-state index contributed by atoms with van der Waals surface area (Å²) in [6, 6.07) is 6.23. The highest BCUT2D eigenvalue weighted by molar-refractivity contribution is 7.90. The van der Waals surface area contributed by atoms with Crippen molar-refractivity contribution in [2.45, 2.75) is 17.6 Å². The van der Waals surface area contributed by atoms with Crippen molar-refractivity contribution >= 4 is 38.9 Å². The number of nitrogens with zero attached hydrogens (tertiary/aromatic N) is 4. The van der Waals surface area contributed by atoms with Crippen molar-refractivity contribution in [1.29, 1.82) is 0 Å². The van der Waals surface area contributed by atoms with Crippen LogP contribution in [0, 0.1) is 0 Å². The molecule has 164 valence electrons. The summed E-state index contributed by atoms with van der Waals surface area (Å²) < 4.78 is 63.5. The average molecular weight is 494 g/mol. The molecule has 3 rings (SSSR count). The lowest BCUT2D eigenvalue weighted by Gasteiger charge is -2.08. The molecule has 0 aliphatic heterocycles. The number of hydrogen-bond acceptors (Lipinski definition) is 6. The van der Waals surface area contributed by atoms with Crippen molar-refractivity contribution < 1.29 is 26.4 Å². The standard InChI is InChI=1S/C17H12Cl2F3N5O3S/c1-31(29,30)12-5-9(4-11(19)6-12)15(28)24-8-14-25-16(17(20,21)22)26-27(14)13-3-2-10(18)7-23-13/h2-7H,8H2,1H3,(H,24,28). The van der Waals surface area contributed by atoms with E-state index < -0.39 is 34.3 Å². The Hall–Kier alpha value is -2.70. The molecule has 1 aromatic carbocycles. The molecule has 2 aromatic heterocycles. The molecule has 8 nitrogen and oxygen atoms in total. The number of benzene rings is 1. The van der Waals surface area contributed by atoms with Gasteiger partial charge in [-0.15, -0.1) is 5.10 Å². The van der Waals surface area contributed by atoms with Crippen LogP contribution in [-0.4, -0.2) is 40.3 Å². The number of hydrogen-bond donors (Lipinski definition) is 1. The van der Waals surface area contributed by atoms with Crippen molar-refractivity contribution in [2.75, 3.05) is 6.26 Å². The predicted molar refractivity (Wildman–Crippen MR) is 105 cm³/mol. The first-order chi connectivity index (χ1) is 14.3. The smallest absolute Gasteiger partial charge is 0.345 e. The summed E-state index contributed by atoms with van der Waals surface area (Å²) in [6.45, 7) is -0.465. The van der Waals surface area contributed by atoms with Crippen LogP contribution in [0.2, 0.25) is 10.0 Å². The number of carbonyl (C=O) groups is 1. The van der Waals surface area contributed by atoms with Gasteiger partial charge in [0.25, 0.3) is 11.7 Å². The van der Waals surface area contributed by atoms with Crippen LogP contribution < -0.4 is 5.32 Å². The highest BCUT2D eigenvalue weighted by atomic mass is 35.5. The number of aromatic nitrogens is 4. The summed E-state index contributed by atoms with van der Waals surface area (Å²) >= 11 is 11.6. The number of carbonyl (C=O) groups excluding carboxylic acids is 1. The van der Waals surface area contributed by atoms with E-state index in [4.69, 9.17) is 23.2 Å². The molecule has 31 heavy (non-hydrogen) atoms. The van der Waals surface area contributed by atoms with E-state index in [0.29, 0.717) is 0 Å². The van der Waals surface area contributed by atoms with Gasteiger partial charge in [0.05, 0.1) is 16.5 Å². The molecule has 0 spiro atoms. The zero-order valence-corrected chi connectivity index (χ0v) is 17.8. The molecule has 0 bridgehead atoms. The van der Waals surface area contributed by atoms with E-state index in [-0.39, 0.29) is 32.1 Å². The molecule has 0 saturated carbocycles. The fourth-order valence-corrected chi connectivity index (χ4v) is 3.52. The topological polar surface area (TPSA) is 107 Å². The Morgan fingerprint density at radius 1 is 1.16 bits per heavy atom. The van der Waals surface area contributed by atoms with Gasteiger partial charge in [-0.3, -0.25) is 4.79 Å². The Morgan fingerprint density at radius 3 is 2.45 bits per heavy atom. The summed E-state index contributed by atoms with van der Waals surface area (Å²) in [6.07, 6.45) is -2.67. The van der Waals surface area contributed by atoms with Gasteiger partial charge < -0.3 is 5.32 Å². The maximum atomic E-state index is 13.1. The Balaban J connectivity index is 1.91. The van der Waals surface area contributed by atoms with Crippen LogP contribution in [0.5, 0.6) is 0 Å². The summed E-state index contributed by atoms with van der Waals surface area (Å²) in [5, 5.41) is 6.05. The lowest BCUT2D eigenvalue weighted by Crippen LogP contribution is -2.25. The molecule has 1 N–H and O–H groups in total. The SMILES string of the molecule is CS(=O)(=O)c1cc(Cl)cc(C(=O)NCc2nc(C(F)(F)F)nn2-c2ccc(Cl)cn2)c1. The zero-order chi connectivity index (χ0) is 23.0. The second-order valence-electron chi connectivity index (χ2n) is 6.23. The molecule has 1 amide bonds. The van der Waals surface area contributed by atoms with Crippen LogP contribution in [0.25, 0.3) is 5.82 Å². The van der Waals surface area contributed by atoms with Crippen LogP contribution in [0.1, 0.15) is 22.0 Å². The molecule has 0 unspecified atom stereocenters. The summed E-state index contributed by atoms with van der Waals surface area (Å²) in [5.41, 5.74) is -0.0975. The molecule has 14 heteroatoms. The lowest BCUT2D eigenvalue weighted by atomic mass is 10.2. The van der Waals surface area contributed by atoms with E-state index in [2.05, 4.69) is 20.4 Å². The fourth-order valence-electron chi connectivity index (χ4n) is 2.42. The van der Waals surface area contributed by atoms with E-state index in [0.717, 1.165) is 17.0 Å². The van der Waals surface area contributed by atoms with E-state index in [9.17, 15) is 26.4 Å². The molecule has 0 radical (unpaired) electrons. The zero-order valence-electron chi connectivity index (χ0n) is 15.5. The Kier molecular flexibility index (Phi) is 6.25. The lowest BCUT2D eigenvalue weighted by molar-refractivity contribution is -0.144. The molecule has 0 saturated heterocycles. The Morgan fingerprint density at radius 2 is 1.87 bits per heavy atom. The minimum atomic E-state index is -4.83. The van der Waals surface area contributed by atoms with E-state index in [1.54, 1.807) is 0 Å². The number of halogens is 5. The normalized spacial score (nSPS) is 12.1. The minimum absolute atomic E-state index is 0.000892. The highest BCUT2D eigenvalue weighted by Gasteiger charge is 2.37. The predicted octanol–water partition coefficient (Wildman–Crippen LogP) is 3.32. The quantitative estimate of drug-likeness (QED) is 0.584. The largest absolute Gasteiger partial charge is 0.453 e. The van der Waals surface area contributed by atoms with Crippen molar-refractivity contribution in [3.8, 4) is 5.82 Å². The molecule has 0 atom stereocenters. The monoisotopic (exact) mass is 493 g/mol. The van der Waals surface area contributed by atoms with Gasteiger partial charge in [-0.1, -0.05) is 23.2 Å². The maximum Gasteiger partial charge on any atom is 0.453 e. The van der Waals surface area contributed by atoms with Gasteiger partial charge in [0.1, 0.15) is 0 Å². The third-order valence-corrected chi connectivity index (χ3v) is 5.36. The molecule has 0 aliphatic carbocycles. The molecular weight excluding hydrogens is 482 g/mol. The van der Waals surface area contributed by atoms with Gasteiger partial charge >= 0.3 is 6.18 Å². The third kappa shape index (κ3) is 5.51. The number of alkyl halides is 3. The Labute approximate surface area is 183 Å². The second-order valence-corrected chi connectivity index (χ2v) is 9.11. The fraction of sp³-hybridized carbons (Fsp3) is 0.176. The second kappa shape index (κ2) is 8.44. The Bertz CT molecular complexity index is 1240. The first-order valence-electron chi connectivity index (χ1n) is 8.28. The highest BCUT2D eigenvalue weighted by Crippen LogP contribution is 2.27. The van der Waals surface area contributed by atoms with Gasteiger partial charge in [0.2, 0.25) is 0 Å². The molecule has 0 fully saturated rings. The van der Waals surface area contributed by atoms with Crippen LogP contribution in [-0.2, 0) is 22.6 Å². The van der Waals surface area contributed by atoms with Gasteiger partial charge in [0.15, 0.2) is 21.5 Å². The average Bonchev–Trinajstić information content (AvgIpc) is 3.10. The summed E-state index contributed by atoms with van der Waals surface area (Å²) in [7, 11) is -3.64. The van der Waals surface area contributed by atoms with Gasteiger partial charge in [-0.05, 0) is 30.3 Å². The van der Waals surface area contributed by atoms with Gasteiger partial charge in [-0.25, -0.2) is 18.4 Å². The van der Waals surface area contributed by atoms with Crippen molar-refractivity contribution in [2.24, 2.45) is 0 Å². The molecule has 0 aliphatic rings. The van der Waals surface area contributed by atoms with E-state index in [1.165, 1.54) is 30.5 Å². The van der Waals surface area contributed by atoms with Crippen molar-refractivity contribution in [3.05, 3.63) is 63.8 Å². The van der Waals surface area contributed by atoms with Crippen LogP contribution in [0.3, 0.4) is 0 Å². The summed E-state index contributed by atoms with van der Waals surface area (Å²) in [4.78, 5) is 19.6. The number of pyridine rings is 1. The number of nitrogens with one attached hydrogen (secondary N) is 1. The maximum absolute atomic E-state index is 13.1. The first-order valence-corrected chi connectivity index (χ1v) is 10.9. The molecule has 2 heterocycles. The van der Waals surface area contributed by atoms with Crippen LogP contribution >= 0.6 is 23.2 Å². The van der Waals surface area contributed by atoms with Crippen molar-refractivity contribution in [1.82, 2.24) is 25.1 Å². The first kappa shape index (κ1) is 23.0. The number of sulfone groups is 1. The number of amides is 1. The third-order valence-electron chi connectivity index (χ3n) is 3.83. The molecule has 3 aromatic rings. The van der Waals surface area contributed by atoms with Crippen LogP contribution in [0.15, 0.2) is 41.4 Å². The van der Waals surface area contributed by atoms with Crippen LogP contribution in [0.4, 0.5) is 13.2 Å². The van der Waals surface area contributed by atoms with E-state index in [1.807, 2.05) is 0 Å². The van der Waals surface area contributed by atoms with E-state index >= 15 is 0 Å². The number of rotatable bonds is 5. The minimum Gasteiger partial charge on any atom is -0.345 e. The molecular formula is C17H12Cl2F3N5O3S. The summed E-state index contributed by atoms with van der Waals surface area (Å²) in [5.74, 6) is -2.46. The van der Waals surface area contributed by atoms with Gasteiger partial charge in [-0.2, -0.15) is 17.9 Å².